The van der Waals surface area contributed by atoms with Gasteiger partial charge in [-0.25, -0.2) is 9.59 Å². The lowest BCUT2D eigenvalue weighted by molar-refractivity contribution is -0.147. The molecule has 1 heterocycles. The van der Waals surface area contributed by atoms with Gasteiger partial charge in [0.15, 0.2) is 0 Å². The third kappa shape index (κ3) is 10.0. The number of nitrogens with zero attached hydrogens (tertiary/aromatic N) is 2. The summed E-state index contributed by atoms with van der Waals surface area (Å²) in [7, 11) is 1.47. The first-order valence-electron chi connectivity index (χ1n) is 18.8. The van der Waals surface area contributed by atoms with Crippen molar-refractivity contribution in [1.82, 2.24) is 20.4 Å². The molecule has 2 aliphatic rings. The van der Waals surface area contributed by atoms with Crippen LogP contribution in [0.25, 0.3) is 0 Å². The molecule has 4 unspecified atom stereocenters. The van der Waals surface area contributed by atoms with Gasteiger partial charge in [-0.05, 0) is 104 Å². The number of fused-ring (bicyclic) bond motifs is 2. The van der Waals surface area contributed by atoms with Crippen LogP contribution in [0.3, 0.4) is 0 Å². The number of aromatic carboxylic acids is 1. The Morgan fingerprint density at radius 3 is 2.27 bits per heavy atom. The van der Waals surface area contributed by atoms with E-state index in [1.807, 2.05) is 57.2 Å². The lowest BCUT2D eigenvalue weighted by atomic mass is 9.83. The largest absolute Gasteiger partial charge is 0.489 e. The SMILES string of the molecule is CC(C(=O)NC(C(=O)N1Cc2cc(OCc3ccc(C(=O)O)cc3)ccc2CC1C(=O)NC1CCCc2ccccc21)C(C)(C)C)N(C)C(=O)OC(C)(C)C. The molecule has 1 aliphatic carbocycles. The molecule has 0 fully saturated rings. The molecular weight excluding hydrogens is 700 g/mol. The van der Waals surface area contributed by atoms with Crippen LogP contribution < -0.4 is 15.4 Å². The van der Waals surface area contributed by atoms with E-state index < -0.39 is 53.0 Å². The molecule has 3 aromatic carbocycles. The number of hydrogen-bond acceptors (Lipinski definition) is 7. The van der Waals surface area contributed by atoms with Crippen LogP contribution in [0.1, 0.15) is 106 Å². The lowest BCUT2D eigenvalue weighted by Crippen LogP contribution is -2.62. The van der Waals surface area contributed by atoms with Crippen LogP contribution in [0.2, 0.25) is 0 Å². The van der Waals surface area contributed by atoms with Crippen molar-refractivity contribution in [1.29, 1.82) is 0 Å². The van der Waals surface area contributed by atoms with E-state index in [0.29, 0.717) is 5.75 Å². The van der Waals surface area contributed by atoms with E-state index >= 15 is 0 Å². The average Bonchev–Trinajstić information content (AvgIpc) is 3.13. The number of ether oxygens (including phenoxy) is 2. The van der Waals surface area contributed by atoms with Gasteiger partial charge in [0, 0.05) is 20.0 Å². The zero-order valence-corrected chi connectivity index (χ0v) is 33.1. The van der Waals surface area contributed by atoms with E-state index in [9.17, 15) is 29.1 Å². The minimum absolute atomic E-state index is 0.0911. The second-order valence-electron chi connectivity index (χ2n) is 16.6. The molecule has 3 N–H and O–H groups in total. The number of nitrogens with one attached hydrogen (secondary N) is 2. The molecule has 12 heteroatoms. The third-order valence-electron chi connectivity index (χ3n) is 10.2. The maximum atomic E-state index is 14.8. The van der Waals surface area contributed by atoms with Crippen molar-refractivity contribution in [3.63, 3.8) is 0 Å². The number of carbonyl (C=O) groups excluding carboxylic acids is 4. The third-order valence-corrected chi connectivity index (χ3v) is 10.2. The number of rotatable bonds is 10. The summed E-state index contributed by atoms with van der Waals surface area (Å²) in [6, 6.07) is 17.1. The Morgan fingerprint density at radius 2 is 1.62 bits per heavy atom. The summed E-state index contributed by atoms with van der Waals surface area (Å²) in [5, 5.41) is 15.4. The summed E-state index contributed by atoms with van der Waals surface area (Å²) in [4.78, 5) is 69.7. The number of likely N-dealkylation sites (N-methyl/N-ethyl adjacent to an activating group) is 1. The van der Waals surface area contributed by atoms with Gasteiger partial charge in [-0.2, -0.15) is 0 Å². The fourth-order valence-electron chi connectivity index (χ4n) is 6.94. The Hall–Kier alpha value is -5.39. The van der Waals surface area contributed by atoms with Crippen molar-refractivity contribution in [2.45, 2.75) is 117 Å². The summed E-state index contributed by atoms with van der Waals surface area (Å²) in [5.74, 6) is -1.69. The van der Waals surface area contributed by atoms with Crippen molar-refractivity contribution in [3.05, 3.63) is 100 Å². The first-order valence-corrected chi connectivity index (χ1v) is 18.8. The van der Waals surface area contributed by atoms with Gasteiger partial charge in [-0.3, -0.25) is 19.3 Å². The quantitative estimate of drug-likeness (QED) is 0.221. The molecule has 0 spiro atoms. The molecule has 5 rings (SSSR count). The molecule has 1 aliphatic heterocycles. The second-order valence-corrected chi connectivity index (χ2v) is 16.6. The van der Waals surface area contributed by atoms with E-state index in [2.05, 4.69) is 16.7 Å². The predicted molar refractivity (Wildman–Crippen MR) is 207 cm³/mol. The van der Waals surface area contributed by atoms with Gasteiger partial charge in [-0.1, -0.05) is 63.2 Å². The topological polar surface area (TPSA) is 155 Å². The van der Waals surface area contributed by atoms with Gasteiger partial charge in [0.1, 0.15) is 36.1 Å². The van der Waals surface area contributed by atoms with E-state index in [-0.39, 0.29) is 37.1 Å². The highest BCUT2D eigenvalue weighted by atomic mass is 16.6. The number of hydrogen-bond donors (Lipinski definition) is 3. The minimum Gasteiger partial charge on any atom is -0.489 e. The Kier molecular flexibility index (Phi) is 12.3. The zero-order valence-electron chi connectivity index (χ0n) is 33.1. The van der Waals surface area contributed by atoms with E-state index in [4.69, 9.17) is 9.47 Å². The highest BCUT2D eigenvalue weighted by Gasteiger charge is 2.43. The summed E-state index contributed by atoms with van der Waals surface area (Å²) < 4.78 is 11.6. The number of carboxylic acids is 1. The summed E-state index contributed by atoms with van der Waals surface area (Å²) >= 11 is 0. The van der Waals surface area contributed by atoms with Gasteiger partial charge in [0.2, 0.25) is 17.7 Å². The number of carbonyl (C=O) groups is 5. The Morgan fingerprint density at radius 1 is 0.927 bits per heavy atom. The fraction of sp³-hybridized carbons (Fsp3) is 0.465. The summed E-state index contributed by atoms with van der Waals surface area (Å²) in [6.45, 7) is 12.6. The molecule has 12 nitrogen and oxygen atoms in total. The normalized spacial score (nSPS) is 17.8. The summed E-state index contributed by atoms with van der Waals surface area (Å²) in [5.41, 5.74) is 3.42. The van der Waals surface area contributed by atoms with E-state index in [1.165, 1.54) is 29.6 Å². The predicted octanol–water partition coefficient (Wildman–Crippen LogP) is 6.20. The standard InChI is InChI=1S/C43H54N4O8/c1-26(46(8)41(53)55-43(5,6)7)37(48)45-36(42(2,3)4)39(50)47-24-31-22-32(54-25-27-16-18-29(19-17-27)40(51)52)21-20-30(31)23-35(47)38(49)44-34-15-11-13-28-12-9-10-14-33(28)34/h9-10,12,14,16-22,26,34-36H,11,13,15,23-25H2,1-8H3,(H,44,49)(H,45,48)(H,51,52). The highest BCUT2D eigenvalue weighted by Crippen LogP contribution is 2.33. The Bertz CT molecular complexity index is 1910. The van der Waals surface area contributed by atoms with Crippen molar-refractivity contribution >= 4 is 29.8 Å². The molecule has 0 radical (unpaired) electrons. The molecule has 0 bridgehead atoms. The minimum atomic E-state index is -1.05. The number of benzene rings is 3. The Balaban J connectivity index is 1.42. The monoisotopic (exact) mass is 754 g/mol. The molecule has 55 heavy (non-hydrogen) atoms. The van der Waals surface area contributed by atoms with Crippen LogP contribution in [0, 0.1) is 5.41 Å². The van der Waals surface area contributed by atoms with Crippen molar-refractivity contribution in [2.24, 2.45) is 5.41 Å². The number of aryl methyl sites for hydroxylation is 1. The van der Waals surface area contributed by atoms with Crippen LogP contribution >= 0.6 is 0 Å². The fourth-order valence-corrected chi connectivity index (χ4v) is 6.94. The lowest BCUT2D eigenvalue weighted by Gasteiger charge is -2.42. The molecule has 0 saturated carbocycles. The maximum Gasteiger partial charge on any atom is 0.410 e. The maximum absolute atomic E-state index is 14.8. The first kappa shape index (κ1) is 40.8. The summed E-state index contributed by atoms with van der Waals surface area (Å²) in [6.07, 6.45) is 2.23. The van der Waals surface area contributed by atoms with Crippen LogP contribution in [0.15, 0.2) is 66.7 Å². The number of amides is 4. The van der Waals surface area contributed by atoms with E-state index in [0.717, 1.165) is 41.5 Å². The van der Waals surface area contributed by atoms with Gasteiger partial charge in [0.05, 0.1) is 11.6 Å². The van der Waals surface area contributed by atoms with Gasteiger partial charge < -0.3 is 30.1 Å². The highest BCUT2D eigenvalue weighted by molar-refractivity contribution is 5.95. The Labute approximate surface area is 323 Å². The van der Waals surface area contributed by atoms with Crippen molar-refractivity contribution in [2.75, 3.05) is 7.05 Å². The van der Waals surface area contributed by atoms with Crippen LogP contribution in [0.4, 0.5) is 4.79 Å². The molecule has 0 aromatic heterocycles. The second kappa shape index (κ2) is 16.5. The smallest absolute Gasteiger partial charge is 0.410 e. The molecule has 0 saturated heterocycles. The molecule has 4 amide bonds. The zero-order chi connectivity index (χ0) is 40.2. The van der Waals surface area contributed by atoms with Crippen molar-refractivity contribution in [3.8, 4) is 5.75 Å². The van der Waals surface area contributed by atoms with Gasteiger partial charge in [-0.15, -0.1) is 0 Å². The van der Waals surface area contributed by atoms with Gasteiger partial charge >= 0.3 is 12.1 Å². The molecule has 3 aromatic rings. The van der Waals surface area contributed by atoms with Crippen LogP contribution in [0.5, 0.6) is 5.75 Å². The van der Waals surface area contributed by atoms with Gasteiger partial charge in [0.25, 0.3) is 0 Å². The molecular formula is C43H54N4O8. The molecule has 294 valence electrons. The van der Waals surface area contributed by atoms with Crippen molar-refractivity contribution < 1.29 is 38.6 Å². The van der Waals surface area contributed by atoms with Crippen LogP contribution in [-0.2, 0) is 45.1 Å². The van der Waals surface area contributed by atoms with Crippen LogP contribution in [-0.4, -0.2) is 75.5 Å². The average molecular weight is 755 g/mol. The first-order chi connectivity index (χ1) is 25.8. The number of carboxylic acid groups (broad SMARTS) is 1. The molecule has 4 atom stereocenters. The van der Waals surface area contributed by atoms with E-state index in [1.54, 1.807) is 44.7 Å².